The lowest BCUT2D eigenvalue weighted by Gasteiger charge is -2.38. The maximum absolute atomic E-state index is 5.67. The summed E-state index contributed by atoms with van der Waals surface area (Å²) in [7, 11) is 0. The first kappa shape index (κ1) is 10.4. The van der Waals surface area contributed by atoms with Gasteiger partial charge in [-0.3, -0.25) is 4.90 Å². The Kier molecular flexibility index (Phi) is 3.10. The summed E-state index contributed by atoms with van der Waals surface area (Å²) in [6.45, 7) is 9.70. The van der Waals surface area contributed by atoms with Crippen molar-refractivity contribution in [1.82, 2.24) is 10.2 Å². The zero-order valence-electron chi connectivity index (χ0n) is 9.38. The van der Waals surface area contributed by atoms with Gasteiger partial charge in [0.05, 0.1) is 12.2 Å². The van der Waals surface area contributed by atoms with Crippen molar-refractivity contribution in [2.45, 2.75) is 38.3 Å². The zero-order chi connectivity index (χ0) is 10.0. The standard InChI is InChI=1S/C11H22N2O/c1-11(2)9-13(7-8-14-11)6-5-12-10-3-4-10/h10,12H,3-9H2,1-2H3. The fraction of sp³-hybridized carbons (Fsp3) is 1.00. The van der Waals surface area contributed by atoms with Gasteiger partial charge in [0.2, 0.25) is 0 Å². The second kappa shape index (κ2) is 4.17. The summed E-state index contributed by atoms with van der Waals surface area (Å²) in [4.78, 5) is 2.50. The lowest BCUT2D eigenvalue weighted by atomic mass is 10.1. The van der Waals surface area contributed by atoms with Crippen molar-refractivity contribution in [3.8, 4) is 0 Å². The van der Waals surface area contributed by atoms with E-state index in [0.29, 0.717) is 0 Å². The smallest absolute Gasteiger partial charge is 0.0753 e. The Morgan fingerprint density at radius 1 is 1.43 bits per heavy atom. The van der Waals surface area contributed by atoms with Gasteiger partial charge in [-0.05, 0) is 26.7 Å². The third kappa shape index (κ3) is 3.23. The highest BCUT2D eigenvalue weighted by Crippen LogP contribution is 2.19. The fourth-order valence-corrected chi connectivity index (χ4v) is 2.02. The molecule has 1 aliphatic heterocycles. The van der Waals surface area contributed by atoms with Crippen LogP contribution >= 0.6 is 0 Å². The van der Waals surface area contributed by atoms with Gasteiger partial charge in [-0.1, -0.05) is 0 Å². The Bertz CT molecular complexity index is 190. The quantitative estimate of drug-likeness (QED) is 0.725. The van der Waals surface area contributed by atoms with Gasteiger partial charge in [0.25, 0.3) is 0 Å². The Balaban J connectivity index is 1.63. The van der Waals surface area contributed by atoms with Gasteiger partial charge in [-0.15, -0.1) is 0 Å². The minimum absolute atomic E-state index is 0.0534. The molecule has 3 nitrogen and oxygen atoms in total. The largest absolute Gasteiger partial charge is 0.373 e. The molecule has 2 rings (SSSR count). The van der Waals surface area contributed by atoms with Gasteiger partial charge in [-0.25, -0.2) is 0 Å². The first-order chi connectivity index (χ1) is 6.66. The van der Waals surface area contributed by atoms with Crippen molar-refractivity contribution in [1.29, 1.82) is 0 Å². The molecule has 1 saturated heterocycles. The predicted octanol–water partition coefficient (Wildman–Crippen LogP) is 0.849. The molecule has 0 aromatic heterocycles. The minimum atomic E-state index is 0.0534. The molecule has 0 unspecified atom stereocenters. The number of hydrogen-bond donors (Lipinski definition) is 1. The monoisotopic (exact) mass is 198 g/mol. The SMILES string of the molecule is CC1(C)CN(CCNC2CC2)CCO1. The van der Waals surface area contributed by atoms with Crippen molar-refractivity contribution in [3.63, 3.8) is 0 Å². The van der Waals surface area contributed by atoms with Crippen LogP contribution in [0.2, 0.25) is 0 Å². The van der Waals surface area contributed by atoms with Crippen LogP contribution in [0.4, 0.5) is 0 Å². The van der Waals surface area contributed by atoms with E-state index in [1.54, 1.807) is 0 Å². The molecule has 0 spiro atoms. The molecular weight excluding hydrogens is 176 g/mol. The molecule has 0 radical (unpaired) electrons. The van der Waals surface area contributed by atoms with E-state index in [2.05, 4.69) is 24.1 Å². The normalized spacial score (nSPS) is 27.9. The molecule has 0 aromatic rings. The molecule has 1 N–H and O–H groups in total. The Hall–Kier alpha value is -0.120. The number of morpholine rings is 1. The molecule has 2 aliphatic rings. The van der Waals surface area contributed by atoms with Gasteiger partial charge >= 0.3 is 0 Å². The van der Waals surface area contributed by atoms with Gasteiger partial charge in [-0.2, -0.15) is 0 Å². The van der Waals surface area contributed by atoms with Crippen molar-refractivity contribution in [2.24, 2.45) is 0 Å². The average Bonchev–Trinajstić information content (AvgIpc) is 2.86. The summed E-state index contributed by atoms with van der Waals surface area (Å²) in [6, 6.07) is 0.837. The maximum Gasteiger partial charge on any atom is 0.0753 e. The highest BCUT2D eigenvalue weighted by molar-refractivity contribution is 4.83. The Morgan fingerprint density at radius 2 is 2.21 bits per heavy atom. The van der Waals surface area contributed by atoms with Crippen LogP contribution in [0.25, 0.3) is 0 Å². The van der Waals surface area contributed by atoms with Crippen LogP contribution < -0.4 is 5.32 Å². The van der Waals surface area contributed by atoms with Crippen molar-refractivity contribution >= 4 is 0 Å². The number of nitrogens with one attached hydrogen (secondary N) is 1. The van der Waals surface area contributed by atoms with E-state index < -0.39 is 0 Å². The third-order valence-electron chi connectivity index (χ3n) is 2.94. The second-order valence-corrected chi connectivity index (χ2v) is 5.11. The third-order valence-corrected chi connectivity index (χ3v) is 2.94. The van der Waals surface area contributed by atoms with Gasteiger partial charge < -0.3 is 10.1 Å². The van der Waals surface area contributed by atoms with Crippen molar-refractivity contribution in [3.05, 3.63) is 0 Å². The maximum atomic E-state index is 5.67. The van der Waals surface area contributed by atoms with Crippen LogP contribution in [0.3, 0.4) is 0 Å². The number of hydrogen-bond acceptors (Lipinski definition) is 3. The molecule has 2 fully saturated rings. The van der Waals surface area contributed by atoms with E-state index in [0.717, 1.165) is 32.3 Å². The first-order valence-electron chi connectivity index (χ1n) is 5.75. The van der Waals surface area contributed by atoms with Crippen LogP contribution in [0.1, 0.15) is 26.7 Å². The predicted molar refractivity (Wildman–Crippen MR) is 57.5 cm³/mol. The van der Waals surface area contributed by atoms with Gasteiger partial charge in [0, 0.05) is 32.2 Å². The molecule has 3 heteroatoms. The molecule has 82 valence electrons. The molecule has 0 aromatic carbocycles. The van der Waals surface area contributed by atoms with E-state index in [1.807, 2.05) is 0 Å². The topological polar surface area (TPSA) is 24.5 Å². The summed E-state index contributed by atoms with van der Waals surface area (Å²) in [6.07, 6.45) is 2.77. The van der Waals surface area contributed by atoms with E-state index in [1.165, 1.54) is 19.4 Å². The summed E-state index contributed by atoms with van der Waals surface area (Å²) < 4.78 is 5.67. The Labute approximate surface area is 86.8 Å². The Morgan fingerprint density at radius 3 is 2.86 bits per heavy atom. The summed E-state index contributed by atoms with van der Waals surface area (Å²) in [5, 5.41) is 3.55. The fourth-order valence-electron chi connectivity index (χ4n) is 2.02. The molecule has 14 heavy (non-hydrogen) atoms. The first-order valence-corrected chi connectivity index (χ1v) is 5.75. The van der Waals surface area contributed by atoms with Crippen LogP contribution in [0.5, 0.6) is 0 Å². The van der Waals surface area contributed by atoms with E-state index >= 15 is 0 Å². The van der Waals surface area contributed by atoms with Crippen LogP contribution in [0.15, 0.2) is 0 Å². The van der Waals surface area contributed by atoms with E-state index in [4.69, 9.17) is 4.74 Å². The van der Waals surface area contributed by atoms with Crippen molar-refractivity contribution in [2.75, 3.05) is 32.8 Å². The lowest BCUT2D eigenvalue weighted by molar-refractivity contribution is -0.0854. The second-order valence-electron chi connectivity index (χ2n) is 5.11. The molecular formula is C11H22N2O. The summed E-state index contributed by atoms with van der Waals surface area (Å²) in [5.41, 5.74) is 0.0534. The average molecular weight is 198 g/mol. The minimum Gasteiger partial charge on any atom is -0.373 e. The molecule has 0 bridgehead atoms. The highest BCUT2D eigenvalue weighted by Gasteiger charge is 2.27. The van der Waals surface area contributed by atoms with E-state index in [-0.39, 0.29) is 5.60 Å². The van der Waals surface area contributed by atoms with Crippen LogP contribution in [0, 0.1) is 0 Å². The number of nitrogens with zero attached hydrogens (tertiary/aromatic N) is 1. The van der Waals surface area contributed by atoms with Crippen LogP contribution in [-0.4, -0.2) is 49.3 Å². The zero-order valence-corrected chi connectivity index (χ0v) is 9.38. The number of rotatable bonds is 4. The van der Waals surface area contributed by atoms with Gasteiger partial charge in [0.1, 0.15) is 0 Å². The lowest BCUT2D eigenvalue weighted by Crippen LogP contribution is -2.49. The molecule has 1 aliphatic carbocycles. The van der Waals surface area contributed by atoms with Crippen LogP contribution in [-0.2, 0) is 4.74 Å². The summed E-state index contributed by atoms with van der Waals surface area (Å²) >= 11 is 0. The molecule has 1 heterocycles. The highest BCUT2D eigenvalue weighted by atomic mass is 16.5. The van der Waals surface area contributed by atoms with E-state index in [9.17, 15) is 0 Å². The number of ether oxygens (including phenoxy) is 1. The molecule has 1 saturated carbocycles. The van der Waals surface area contributed by atoms with Gasteiger partial charge in [0.15, 0.2) is 0 Å². The molecule has 0 atom stereocenters. The molecule has 0 amide bonds. The summed E-state index contributed by atoms with van der Waals surface area (Å²) in [5.74, 6) is 0. The van der Waals surface area contributed by atoms with Crippen molar-refractivity contribution < 1.29 is 4.74 Å².